The van der Waals surface area contributed by atoms with Crippen LogP contribution in [-0.4, -0.2) is 24.1 Å². The van der Waals surface area contributed by atoms with Crippen molar-refractivity contribution >= 4 is 17.5 Å². The maximum Gasteiger partial charge on any atom is 0.317 e. The fourth-order valence-electron chi connectivity index (χ4n) is 2.96. The largest absolute Gasteiger partial charge is 0.465 e. The van der Waals surface area contributed by atoms with E-state index in [9.17, 15) is 19.6 Å². The summed E-state index contributed by atoms with van der Waals surface area (Å²) in [5, 5.41) is 9.34. The van der Waals surface area contributed by atoms with Gasteiger partial charge in [0.05, 0.1) is 24.2 Å². The van der Waals surface area contributed by atoms with Crippen LogP contribution in [0.5, 0.6) is 0 Å². The Balaban J connectivity index is 3.11. The zero-order chi connectivity index (χ0) is 19.5. The van der Waals surface area contributed by atoms with Crippen LogP contribution in [0.25, 0.3) is 0 Å². The Morgan fingerprint density at radius 1 is 1.12 bits per heavy atom. The smallest absolute Gasteiger partial charge is 0.317 e. The normalized spacial score (nSPS) is 12.7. The molecule has 140 valence electrons. The molecule has 0 saturated heterocycles. The number of nitriles is 1. The average molecular weight is 357 g/mol. The van der Waals surface area contributed by atoms with Crippen molar-refractivity contribution in [3.63, 3.8) is 0 Å². The Hall–Kier alpha value is -2.48. The lowest BCUT2D eigenvalue weighted by molar-refractivity contribution is -0.154. The van der Waals surface area contributed by atoms with Gasteiger partial charge >= 0.3 is 5.97 Å². The predicted molar refractivity (Wildman–Crippen MR) is 98.5 cm³/mol. The standard InChI is InChI=1S/C21H27NO4/c1-4-6-7-10-13-26-21(25)19(15(3)23)20(18(24)5-2)17-12-9-8-11-16(17)14-22/h8-9,11-12,19-20H,4-7,10,13H2,1-3H3. The van der Waals surface area contributed by atoms with Gasteiger partial charge in [0.2, 0.25) is 0 Å². The molecule has 0 heterocycles. The van der Waals surface area contributed by atoms with Crippen molar-refractivity contribution in [3.8, 4) is 6.07 Å². The molecule has 0 radical (unpaired) electrons. The third kappa shape index (κ3) is 5.80. The van der Waals surface area contributed by atoms with E-state index >= 15 is 0 Å². The molecule has 0 aliphatic heterocycles. The number of rotatable bonds is 11. The number of carbonyl (C=O) groups is 3. The van der Waals surface area contributed by atoms with Crippen LogP contribution in [0.2, 0.25) is 0 Å². The summed E-state index contributed by atoms with van der Waals surface area (Å²) >= 11 is 0. The summed E-state index contributed by atoms with van der Waals surface area (Å²) in [5.74, 6) is -3.58. The summed E-state index contributed by atoms with van der Waals surface area (Å²) in [4.78, 5) is 37.4. The molecule has 0 aromatic heterocycles. The highest BCUT2D eigenvalue weighted by molar-refractivity contribution is 6.04. The van der Waals surface area contributed by atoms with Crippen molar-refractivity contribution in [2.24, 2.45) is 5.92 Å². The summed E-state index contributed by atoms with van der Waals surface area (Å²) in [6.45, 7) is 5.28. The van der Waals surface area contributed by atoms with Gasteiger partial charge in [-0.3, -0.25) is 14.4 Å². The molecule has 0 fully saturated rings. The third-order valence-electron chi connectivity index (χ3n) is 4.38. The molecule has 1 aromatic carbocycles. The van der Waals surface area contributed by atoms with E-state index in [1.807, 2.05) is 6.07 Å². The molecule has 0 saturated carbocycles. The van der Waals surface area contributed by atoms with Crippen LogP contribution >= 0.6 is 0 Å². The molecule has 1 aromatic rings. The Morgan fingerprint density at radius 3 is 2.38 bits per heavy atom. The number of esters is 1. The van der Waals surface area contributed by atoms with E-state index in [2.05, 4.69) is 6.92 Å². The number of ketones is 2. The first kappa shape index (κ1) is 21.6. The van der Waals surface area contributed by atoms with Gasteiger partial charge in [-0.05, 0) is 25.0 Å². The number of unbranched alkanes of at least 4 members (excludes halogenated alkanes) is 3. The van der Waals surface area contributed by atoms with Crippen molar-refractivity contribution in [2.45, 2.75) is 58.8 Å². The molecule has 0 aliphatic carbocycles. The van der Waals surface area contributed by atoms with E-state index in [0.717, 1.165) is 25.7 Å². The van der Waals surface area contributed by atoms with Gasteiger partial charge in [0.1, 0.15) is 17.5 Å². The molecule has 0 aliphatic rings. The van der Waals surface area contributed by atoms with E-state index < -0.39 is 23.6 Å². The van der Waals surface area contributed by atoms with Gasteiger partial charge in [-0.2, -0.15) is 5.26 Å². The van der Waals surface area contributed by atoms with Crippen LogP contribution in [0.3, 0.4) is 0 Å². The molecule has 0 spiro atoms. The first-order valence-corrected chi connectivity index (χ1v) is 9.16. The summed E-state index contributed by atoms with van der Waals surface area (Å²) in [6.07, 6.45) is 3.97. The summed E-state index contributed by atoms with van der Waals surface area (Å²) in [5.41, 5.74) is 0.700. The summed E-state index contributed by atoms with van der Waals surface area (Å²) in [7, 11) is 0. The molecule has 5 nitrogen and oxygen atoms in total. The van der Waals surface area contributed by atoms with Gasteiger partial charge in [0.15, 0.2) is 0 Å². The lowest BCUT2D eigenvalue weighted by atomic mass is 9.78. The highest BCUT2D eigenvalue weighted by Crippen LogP contribution is 2.31. The lowest BCUT2D eigenvalue weighted by Crippen LogP contribution is -2.35. The van der Waals surface area contributed by atoms with Gasteiger partial charge in [-0.1, -0.05) is 51.3 Å². The number of carbonyl (C=O) groups excluding carboxylic acids is 3. The monoisotopic (exact) mass is 357 g/mol. The lowest BCUT2D eigenvalue weighted by Gasteiger charge is -2.23. The zero-order valence-corrected chi connectivity index (χ0v) is 15.8. The maximum absolute atomic E-state index is 12.6. The third-order valence-corrected chi connectivity index (χ3v) is 4.38. The van der Waals surface area contributed by atoms with Gasteiger partial charge in [0, 0.05) is 6.42 Å². The van der Waals surface area contributed by atoms with E-state index in [4.69, 9.17) is 4.74 Å². The SMILES string of the molecule is CCCCCCOC(=O)C(C(C)=O)C(C(=O)CC)c1ccccc1C#N. The molecular formula is C21H27NO4. The number of nitrogens with zero attached hydrogens (tertiary/aromatic N) is 1. The quantitative estimate of drug-likeness (QED) is 0.340. The molecule has 0 bridgehead atoms. The topological polar surface area (TPSA) is 84.2 Å². The van der Waals surface area contributed by atoms with Crippen molar-refractivity contribution in [1.29, 1.82) is 5.26 Å². The van der Waals surface area contributed by atoms with Crippen molar-refractivity contribution in [2.75, 3.05) is 6.61 Å². The predicted octanol–water partition coefficient (Wildman–Crippen LogP) is 3.95. The second-order valence-corrected chi connectivity index (χ2v) is 6.31. The van der Waals surface area contributed by atoms with Crippen LogP contribution < -0.4 is 0 Å². The van der Waals surface area contributed by atoms with Crippen molar-refractivity contribution < 1.29 is 19.1 Å². The number of ether oxygens (including phenoxy) is 1. The molecule has 5 heteroatoms. The highest BCUT2D eigenvalue weighted by Gasteiger charge is 2.39. The molecule has 26 heavy (non-hydrogen) atoms. The summed E-state index contributed by atoms with van der Waals surface area (Å²) < 4.78 is 5.29. The van der Waals surface area contributed by atoms with Gasteiger partial charge in [-0.15, -0.1) is 0 Å². The van der Waals surface area contributed by atoms with E-state index in [1.165, 1.54) is 6.92 Å². The Morgan fingerprint density at radius 2 is 1.81 bits per heavy atom. The van der Waals surface area contributed by atoms with Crippen LogP contribution in [0.15, 0.2) is 24.3 Å². The van der Waals surface area contributed by atoms with Crippen LogP contribution in [0.4, 0.5) is 0 Å². The Bertz CT molecular complexity index is 675. The molecule has 2 atom stereocenters. The first-order valence-electron chi connectivity index (χ1n) is 9.16. The van der Waals surface area contributed by atoms with Gasteiger partial charge in [-0.25, -0.2) is 0 Å². The van der Waals surface area contributed by atoms with E-state index in [-0.39, 0.29) is 18.8 Å². The highest BCUT2D eigenvalue weighted by atomic mass is 16.5. The fourth-order valence-corrected chi connectivity index (χ4v) is 2.96. The second kappa shape index (κ2) is 11.2. The minimum atomic E-state index is -1.22. The molecule has 1 rings (SSSR count). The molecule has 0 amide bonds. The molecule has 0 N–H and O–H groups in total. The average Bonchev–Trinajstić information content (AvgIpc) is 2.64. The first-order chi connectivity index (χ1) is 12.5. The minimum absolute atomic E-state index is 0.165. The van der Waals surface area contributed by atoms with Crippen molar-refractivity contribution in [1.82, 2.24) is 0 Å². The number of hydrogen-bond acceptors (Lipinski definition) is 5. The van der Waals surface area contributed by atoms with Gasteiger partial charge in [0.25, 0.3) is 0 Å². The maximum atomic E-state index is 12.6. The number of hydrogen-bond donors (Lipinski definition) is 0. The second-order valence-electron chi connectivity index (χ2n) is 6.31. The Labute approximate surface area is 155 Å². The zero-order valence-electron chi connectivity index (χ0n) is 15.8. The van der Waals surface area contributed by atoms with Crippen LogP contribution in [0, 0.1) is 17.2 Å². The molecular weight excluding hydrogens is 330 g/mol. The summed E-state index contributed by atoms with van der Waals surface area (Å²) in [6, 6.07) is 8.63. The minimum Gasteiger partial charge on any atom is -0.465 e. The van der Waals surface area contributed by atoms with Crippen LogP contribution in [0.1, 0.15) is 69.9 Å². The number of benzene rings is 1. The number of Topliss-reactive ketones (excluding diaryl/α,β-unsaturated/α-hetero) is 2. The van der Waals surface area contributed by atoms with Crippen LogP contribution in [-0.2, 0) is 19.1 Å². The Kier molecular flexibility index (Phi) is 9.29. The fraction of sp³-hybridized carbons (Fsp3) is 0.524. The van der Waals surface area contributed by atoms with E-state index in [1.54, 1.807) is 31.2 Å². The van der Waals surface area contributed by atoms with E-state index in [0.29, 0.717) is 11.1 Å². The van der Waals surface area contributed by atoms with Gasteiger partial charge < -0.3 is 4.74 Å². The molecule has 2 unspecified atom stereocenters. The van der Waals surface area contributed by atoms with Crippen molar-refractivity contribution in [3.05, 3.63) is 35.4 Å².